The van der Waals surface area contributed by atoms with Gasteiger partial charge in [-0.05, 0) is 48.2 Å². The highest BCUT2D eigenvalue weighted by atomic mass is 35.5. The van der Waals surface area contributed by atoms with Crippen molar-refractivity contribution in [3.05, 3.63) is 75.4 Å². The number of hydrogen-bond donors (Lipinski definition) is 0. The van der Waals surface area contributed by atoms with Gasteiger partial charge in [0.05, 0.1) is 17.7 Å². The molecule has 0 radical (unpaired) electrons. The molecule has 204 valence electrons. The number of carbonyl (C=O) groups is 1. The van der Waals surface area contributed by atoms with E-state index in [1.165, 1.54) is 4.90 Å². The Morgan fingerprint density at radius 3 is 2.26 bits per heavy atom. The van der Waals surface area contributed by atoms with Crippen LogP contribution < -0.4 is 4.90 Å². The van der Waals surface area contributed by atoms with E-state index in [1.54, 1.807) is 25.1 Å². The van der Waals surface area contributed by atoms with Gasteiger partial charge in [-0.3, -0.25) is 4.79 Å². The standard InChI is InChI=1S/C25H24ClF6N5O/c1-35(2)22-21(23(38)36-9-5-6-16(14-36)19-7-3-4-8-20(19)26)33-34-37(22)13-15-10-17(24(27,28)29)12-18(11-15)25(30,31)32/h3-4,7-8,10-12,16H,5-6,9,13-14H2,1-2H3. The number of aromatic nitrogens is 3. The van der Waals surface area contributed by atoms with Crippen LogP contribution in [0.1, 0.15) is 51.5 Å². The van der Waals surface area contributed by atoms with Crippen molar-refractivity contribution in [2.45, 2.75) is 37.7 Å². The smallest absolute Gasteiger partial charge is 0.361 e. The van der Waals surface area contributed by atoms with Gasteiger partial charge in [-0.1, -0.05) is 35.0 Å². The van der Waals surface area contributed by atoms with Crippen molar-refractivity contribution in [3.63, 3.8) is 0 Å². The Labute approximate surface area is 219 Å². The molecule has 0 N–H and O–H groups in total. The molecule has 1 unspecified atom stereocenters. The number of likely N-dealkylation sites (tertiary alicyclic amines) is 1. The number of alkyl halides is 6. The molecule has 1 atom stereocenters. The first kappa shape index (κ1) is 27.7. The SMILES string of the molecule is CN(C)c1c(C(=O)N2CCCC(c3ccccc3Cl)C2)nnn1Cc1cc(C(F)(F)F)cc(C(F)(F)F)c1. The van der Waals surface area contributed by atoms with Crippen LogP contribution in [0.5, 0.6) is 0 Å². The van der Waals surface area contributed by atoms with E-state index in [9.17, 15) is 31.1 Å². The monoisotopic (exact) mass is 559 g/mol. The maximum atomic E-state index is 13.5. The molecular formula is C25H24ClF6N5O. The summed E-state index contributed by atoms with van der Waals surface area (Å²) < 4.78 is 81.0. The summed E-state index contributed by atoms with van der Waals surface area (Å²) in [6.07, 6.45) is -8.40. The highest BCUT2D eigenvalue weighted by Crippen LogP contribution is 2.37. The van der Waals surface area contributed by atoms with Crippen LogP contribution in [0.15, 0.2) is 42.5 Å². The number of amides is 1. The minimum atomic E-state index is -4.98. The van der Waals surface area contributed by atoms with E-state index in [1.807, 2.05) is 18.2 Å². The molecule has 13 heteroatoms. The third-order valence-electron chi connectivity index (χ3n) is 6.37. The number of carbonyl (C=O) groups excluding carboxylic acids is 1. The molecule has 0 bridgehead atoms. The quantitative estimate of drug-likeness (QED) is 0.354. The fourth-order valence-corrected chi connectivity index (χ4v) is 4.94. The van der Waals surface area contributed by atoms with E-state index >= 15 is 0 Å². The molecule has 0 saturated carbocycles. The second kappa shape index (κ2) is 10.5. The highest BCUT2D eigenvalue weighted by Gasteiger charge is 2.37. The molecule has 1 aliphatic heterocycles. The molecule has 1 aromatic heterocycles. The summed E-state index contributed by atoms with van der Waals surface area (Å²) >= 11 is 6.35. The van der Waals surface area contributed by atoms with E-state index in [2.05, 4.69) is 10.3 Å². The van der Waals surface area contributed by atoms with Crippen molar-refractivity contribution in [2.24, 2.45) is 0 Å². The first-order valence-electron chi connectivity index (χ1n) is 11.7. The molecule has 0 aliphatic carbocycles. The second-order valence-electron chi connectivity index (χ2n) is 9.34. The first-order chi connectivity index (χ1) is 17.8. The van der Waals surface area contributed by atoms with E-state index in [4.69, 9.17) is 11.6 Å². The average Bonchev–Trinajstić information content (AvgIpc) is 3.26. The zero-order chi connectivity index (χ0) is 27.8. The van der Waals surface area contributed by atoms with Crippen LogP contribution in [0.3, 0.4) is 0 Å². The summed E-state index contributed by atoms with van der Waals surface area (Å²) in [6, 6.07) is 8.72. The molecule has 6 nitrogen and oxygen atoms in total. The molecule has 1 amide bonds. The zero-order valence-electron chi connectivity index (χ0n) is 20.4. The summed E-state index contributed by atoms with van der Waals surface area (Å²) in [6.45, 7) is 0.385. The van der Waals surface area contributed by atoms with E-state index in [0.717, 1.165) is 23.1 Å². The van der Waals surface area contributed by atoms with Gasteiger partial charge in [-0.15, -0.1) is 5.10 Å². The average molecular weight is 560 g/mol. The summed E-state index contributed by atoms with van der Waals surface area (Å²) in [5.74, 6) is -0.261. The number of rotatable bonds is 5. The van der Waals surface area contributed by atoms with Crippen LogP contribution in [0.4, 0.5) is 32.2 Å². The zero-order valence-corrected chi connectivity index (χ0v) is 21.2. The van der Waals surface area contributed by atoms with Crippen LogP contribution in [0.2, 0.25) is 5.02 Å². The second-order valence-corrected chi connectivity index (χ2v) is 9.75. The van der Waals surface area contributed by atoms with Gasteiger partial charge in [0, 0.05) is 38.1 Å². The topological polar surface area (TPSA) is 54.3 Å². The Kier molecular flexibility index (Phi) is 7.64. The number of halogens is 7. The predicted molar refractivity (Wildman–Crippen MR) is 129 cm³/mol. The lowest BCUT2D eigenvalue weighted by atomic mass is 9.90. The van der Waals surface area contributed by atoms with Crippen molar-refractivity contribution < 1.29 is 31.1 Å². The van der Waals surface area contributed by atoms with Gasteiger partial charge in [0.15, 0.2) is 11.5 Å². The number of anilines is 1. The van der Waals surface area contributed by atoms with Crippen LogP contribution in [-0.4, -0.2) is 53.0 Å². The Bertz CT molecular complexity index is 1290. The molecule has 1 aliphatic rings. The lowest BCUT2D eigenvalue weighted by Gasteiger charge is -2.33. The van der Waals surface area contributed by atoms with Crippen molar-refractivity contribution >= 4 is 23.3 Å². The Morgan fingerprint density at radius 2 is 1.68 bits per heavy atom. The Morgan fingerprint density at radius 1 is 1.05 bits per heavy atom. The predicted octanol–water partition coefficient (Wildman–Crippen LogP) is 6.10. The van der Waals surface area contributed by atoms with Crippen LogP contribution in [0.25, 0.3) is 0 Å². The first-order valence-corrected chi connectivity index (χ1v) is 12.1. The van der Waals surface area contributed by atoms with Gasteiger partial charge < -0.3 is 9.80 Å². The van der Waals surface area contributed by atoms with E-state index in [-0.39, 0.29) is 29.1 Å². The van der Waals surface area contributed by atoms with Gasteiger partial charge in [0.25, 0.3) is 5.91 Å². The van der Waals surface area contributed by atoms with Gasteiger partial charge >= 0.3 is 12.4 Å². The number of piperidine rings is 1. The Hall–Kier alpha value is -3.28. The molecule has 1 saturated heterocycles. The Balaban J connectivity index is 1.64. The van der Waals surface area contributed by atoms with Crippen molar-refractivity contribution in [2.75, 3.05) is 32.1 Å². The number of hydrogen-bond acceptors (Lipinski definition) is 4. The number of nitrogens with zero attached hydrogens (tertiary/aromatic N) is 5. The maximum absolute atomic E-state index is 13.5. The maximum Gasteiger partial charge on any atom is 0.416 e. The van der Waals surface area contributed by atoms with Crippen LogP contribution >= 0.6 is 11.6 Å². The minimum absolute atomic E-state index is 0.00477. The molecule has 3 aromatic rings. The molecule has 1 fully saturated rings. The fraction of sp³-hybridized carbons (Fsp3) is 0.400. The third-order valence-corrected chi connectivity index (χ3v) is 6.71. The third kappa shape index (κ3) is 5.90. The summed E-state index contributed by atoms with van der Waals surface area (Å²) in [5, 5.41) is 8.50. The minimum Gasteiger partial charge on any atom is -0.361 e. The number of benzene rings is 2. The van der Waals surface area contributed by atoms with Crippen molar-refractivity contribution in [1.82, 2.24) is 19.9 Å². The summed E-state index contributed by atoms with van der Waals surface area (Å²) in [7, 11) is 3.17. The summed E-state index contributed by atoms with van der Waals surface area (Å²) in [4.78, 5) is 16.6. The highest BCUT2D eigenvalue weighted by molar-refractivity contribution is 6.31. The molecule has 38 heavy (non-hydrogen) atoms. The van der Waals surface area contributed by atoms with Crippen LogP contribution in [-0.2, 0) is 18.9 Å². The largest absolute Gasteiger partial charge is 0.416 e. The molecule has 2 heterocycles. The van der Waals surface area contributed by atoms with Crippen molar-refractivity contribution in [1.29, 1.82) is 0 Å². The van der Waals surface area contributed by atoms with Crippen LogP contribution in [0, 0.1) is 0 Å². The normalized spacial score (nSPS) is 16.6. The lowest BCUT2D eigenvalue weighted by Crippen LogP contribution is -2.40. The molecule has 4 rings (SSSR count). The van der Waals surface area contributed by atoms with Gasteiger partial charge in [0.1, 0.15) is 0 Å². The van der Waals surface area contributed by atoms with E-state index < -0.39 is 35.9 Å². The lowest BCUT2D eigenvalue weighted by molar-refractivity contribution is -0.143. The molecular weight excluding hydrogens is 536 g/mol. The van der Waals surface area contributed by atoms with Crippen molar-refractivity contribution in [3.8, 4) is 0 Å². The summed E-state index contributed by atoms with van der Waals surface area (Å²) in [5.41, 5.74) is -2.25. The van der Waals surface area contributed by atoms with Gasteiger partial charge in [-0.2, -0.15) is 26.3 Å². The van der Waals surface area contributed by atoms with E-state index in [0.29, 0.717) is 30.2 Å². The molecule has 2 aromatic carbocycles. The molecule has 0 spiro atoms. The fourth-order valence-electron chi connectivity index (χ4n) is 4.65. The van der Waals surface area contributed by atoms with Gasteiger partial charge in [-0.25, -0.2) is 4.68 Å². The van der Waals surface area contributed by atoms with Gasteiger partial charge in [0.2, 0.25) is 0 Å².